The van der Waals surface area contributed by atoms with Crippen LogP contribution in [0.15, 0.2) is 78.8 Å². The summed E-state index contributed by atoms with van der Waals surface area (Å²) >= 11 is 0. The molecule has 9 nitrogen and oxygen atoms in total. The molecule has 0 aliphatic carbocycles. The SMILES string of the molecule is COc1cccc(CN2C(=O)C(O)=CNC2c2ccccc2NC(=O)c2ccccn2)c1OC. The van der Waals surface area contributed by atoms with E-state index >= 15 is 0 Å². The Morgan fingerprint density at radius 2 is 1.88 bits per heavy atom. The molecule has 0 saturated heterocycles. The predicted molar refractivity (Wildman–Crippen MR) is 125 cm³/mol. The molecule has 174 valence electrons. The molecular formula is C25H24N4O5. The summed E-state index contributed by atoms with van der Waals surface area (Å²) in [5.74, 6) is -0.360. The Kier molecular flexibility index (Phi) is 6.63. The summed E-state index contributed by atoms with van der Waals surface area (Å²) < 4.78 is 10.9. The van der Waals surface area contributed by atoms with Gasteiger partial charge in [0.25, 0.3) is 11.8 Å². The highest BCUT2D eigenvalue weighted by Gasteiger charge is 2.33. The van der Waals surface area contributed by atoms with Crippen LogP contribution in [-0.4, -0.2) is 41.0 Å². The Labute approximate surface area is 196 Å². The first-order chi connectivity index (χ1) is 16.5. The number of methoxy groups -OCH3 is 2. The second kappa shape index (κ2) is 9.95. The van der Waals surface area contributed by atoms with Crippen LogP contribution in [-0.2, 0) is 11.3 Å². The molecule has 4 rings (SSSR count). The lowest BCUT2D eigenvalue weighted by Crippen LogP contribution is -2.45. The quantitative estimate of drug-likeness (QED) is 0.495. The molecule has 1 unspecified atom stereocenters. The zero-order valence-corrected chi connectivity index (χ0v) is 18.7. The molecule has 2 aromatic carbocycles. The average molecular weight is 460 g/mol. The molecule has 1 aliphatic heterocycles. The number of anilines is 1. The molecule has 34 heavy (non-hydrogen) atoms. The minimum Gasteiger partial charge on any atom is -0.502 e. The Morgan fingerprint density at radius 1 is 1.09 bits per heavy atom. The number of aliphatic hydroxyl groups is 1. The highest BCUT2D eigenvalue weighted by Crippen LogP contribution is 2.35. The van der Waals surface area contributed by atoms with E-state index in [9.17, 15) is 14.7 Å². The van der Waals surface area contributed by atoms with Crippen molar-refractivity contribution in [2.24, 2.45) is 0 Å². The molecular weight excluding hydrogens is 436 g/mol. The maximum atomic E-state index is 13.0. The first kappa shape index (κ1) is 22.7. The van der Waals surface area contributed by atoms with Crippen LogP contribution >= 0.6 is 0 Å². The van der Waals surface area contributed by atoms with Crippen LogP contribution in [0.1, 0.15) is 27.8 Å². The van der Waals surface area contributed by atoms with Crippen LogP contribution in [0.4, 0.5) is 5.69 Å². The summed E-state index contributed by atoms with van der Waals surface area (Å²) in [6.07, 6.45) is 2.11. The number of aliphatic hydroxyl groups excluding tert-OH is 1. The number of benzene rings is 2. The van der Waals surface area contributed by atoms with Crippen LogP contribution in [0.25, 0.3) is 0 Å². The van der Waals surface area contributed by atoms with Gasteiger partial charge in [-0.15, -0.1) is 0 Å². The number of pyridine rings is 1. The van der Waals surface area contributed by atoms with Gasteiger partial charge in [-0.2, -0.15) is 0 Å². The fraction of sp³-hybridized carbons (Fsp3) is 0.160. The van der Waals surface area contributed by atoms with E-state index in [1.54, 1.807) is 60.8 Å². The Morgan fingerprint density at radius 3 is 2.62 bits per heavy atom. The van der Waals surface area contributed by atoms with Crippen molar-refractivity contribution < 1.29 is 24.2 Å². The van der Waals surface area contributed by atoms with Gasteiger partial charge in [-0.05, 0) is 24.3 Å². The fourth-order valence-corrected chi connectivity index (χ4v) is 3.79. The molecule has 2 amide bonds. The third-order valence-electron chi connectivity index (χ3n) is 5.40. The number of hydrogen-bond acceptors (Lipinski definition) is 7. The molecule has 1 aliphatic rings. The van der Waals surface area contributed by atoms with Gasteiger partial charge in [-0.1, -0.05) is 36.4 Å². The monoisotopic (exact) mass is 460 g/mol. The van der Waals surface area contributed by atoms with Crippen molar-refractivity contribution in [2.45, 2.75) is 12.7 Å². The summed E-state index contributed by atoms with van der Waals surface area (Å²) in [6, 6.07) is 17.6. The number of carbonyl (C=O) groups is 2. The molecule has 3 N–H and O–H groups in total. The van der Waals surface area contributed by atoms with Gasteiger partial charge >= 0.3 is 0 Å². The number of rotatable bonds is 7. The standard InChI is InChI=1S/C25H24N4O5/c1-33-21-12-7-8-16(22(21)34-2)15-29-23(27-14-20(30)25(29)32)17-9-3-4-10-18(17)28-24(31)19-11-5-6-13-26-19/h3-14,23,27,30H,15H2,1-2H3,(H,28,31). The number of aromatic nitrogens is 1. The number of nitrogens with one attached hydrogen (secondary N) is 2. The van der Waals surface area contributed by atoms with Crippen molar-refractivity contribution in [1.29, 1.82) is 0 Å². The van der Waals surface area contributed by atoms with E-state index in [1.165, 1.54) is 25.3 Å². The van der Waals surface area contributed by atoms with E-state index in [-0.39, 0.29) is 18.1 Å². The van der Waals surface area contributed by atoms with Gasteiger partial charge in [0.15, 0.2) is 17.3 Å². The number of hydrogen-bond donors (Lipinski definition) is 3. The lowest BCUT2D eigenvalue weighted by molar-refractivity contribution is -0.135. The van der Waals surface area contributed by atoms with Gasteiger partial charge < -0.3 is 30.1 Å². The van der Waals surface area contributed by atoms with Crippen LogP contribution in [0, 0.1) is 0 Å². The molecule has 0 bridgehead atoms. The minimum atomic E-state index is -0.681. The number of nitrogens with zero attached hydrogens (tertiary/aromatic N) is 2. The van der Waals surface area contributed by atoms with Crippen molar-refractivity contribution in [2.75, 3.05) is 19.5 Å². The second-order valence-corrected chi connectivity index (χ2v) is 7.44. The maximum absolute atomic E-state index is 13.0. The molecule has 1 aromatic heterocycles. The highest BCUT2D eigenvalue weighted by molar-refractivity contribution is 6.03. The Balaban J connectivity index is 1.69. The summed E-state index contributed by atoms with van der Waals surface area (Å²) in [7, 11) is 3.06. The van der Waals surface area contributed by atoms with Gasteiger partial charge in [0.1, 0.15) is 11.9 Å². The maximum Gasteiger partial charge on any atom is 0.292 e. The lowest BCUT2D eigenvalue weighted by Gasteiger charge is -2.36. The molecule has 3 aromatic rings. The predicted octanol–water partition coefficient (Wildman–Crippen LogP) is 3.38. The molecule has 9 heteroatoms. The third kappa shape index (κ3) is 4.49. The molecule has 0 saturated carbocycles. The topological polar surface area (TPSA) is 113 Å². The van der Waals surface area contributed by atoms with Gasteiger partial charge in [0.2, 0.25) is 0 Å². The van der Waals surface area contributed by atoms with E-state index in [0.717, 1.165) is 0 Å². The summed E-state index contributed by atoms with van der Waals surface area (Å²) in [6.45, 7) is 0.108. The average Bonchev–Trinajstić information content (AvgIpc) is 2.87. The third-order valence-corrected chi connectivity index (χ3v) is 5.40. The number of amides is 2. The van der Waals surface area contributed by atoms with E-state index in [4.69, 9.17) is 9.47 Å². The van der Waals surface area contributed by atoms with Crippen LogP contribution in [0.2, 0.25) is 0 Å². The van der Waals surface area contributed by atoms with Crippen molar-refractivity contribution in [1.82, 2.24) is 15.2 Å². The van der Waals surface area contributed by atoms with Gasteiger partial charge in [-0.25, -0.2) is 0 Å². The van der Waals surface area contributed by atoms with E-state index in [2.05, 4.69) is 15.6 Å². The van der Waals surface area contributed by atoms with Crippen molar-refractivity contribution in [3.63, 3.8) is 0 Å². The van der Waals surface area contributed by atoms with Crippen LogP contribution < -0.4 is 20.1 Å². The largest absolute Gasteiger partial charge is 0.502 e. The zero-order valence-electron chi connectivity index (χ0n) is 18.7. The van der Waals surface area contributed by atoms with Crippen molar-refractivity contribution in [3.05, 3.63) is 95.6 Å². The van der Waals surface area contributed by atoms with E-state index < -0.39 is 17.8 Å². The summed E-state index contributed by atoms with van der Waals surface area (Å²) in [5.41, 5.74) is 2.08. The Hall–Kier alpha value is -4.53. The fourth-order valence-electron chi connectivity index (χ4n) is 3.79. The first-order valence-corrected chi connectivity index (χ1v) is 10.5. The normalized spacial score (nSPS) is 15.2. The molecule has 0 radical (unpaired) electrons. The minimum absolute atomic E-state index is 0.108. The first-order valence-electron chi connectivity index (χ1n) is 10.5. The number of ether oxygens (including phenoxy) is 2. The van der Waals surface area contributed by atoms with Crippen molar-refractivity contribution >= 4 is 17.5 Å². The molecule has 0 spiro atoms. The highest BCUT2D eigenvalue weighted by atomic mass is 16.5. The summed E-state index contributed by atoms with van der Waals surface area (Å²) in [5, 5.41) is 16.1. The zero-order chi connectivity index (χ0) is 24.1. The number of para-hydroxylation sites is 2. The van der Waals surface area contributed by atoms with Crippen LogP contribution in [0.5, 0.6) is 11.5 Å². The Bertz CT molecular complexity index is 1230. The summed E-state index contributed by atoms with van der Waals surface area (Å²) in [4.78, 5) is 31.3. The second-order valence-electron chi connectivity index (χ2n) is 7.44. The molecule has 0 fully saturated rings. The van der Waals surface area contributed by atoms with Crippen molar-refractivity contribution in [3.8, 4) is 11.5 Å². The van der Waals surface area contributed by atoms with Gasteiger partial charge in [0, 0.05) is 29.2 Å². The molecule has 2 heterocycles. The molecule has 1 atom stereocenters. The number of carbonyl (C=O) groups excluding carboxylic acids is 2. The lowest BCUT2D eigenvalue weighted by atomic mass is 10.1. The van der Waals surface area contributed by atoms with Gasteiger partial charge in [-0.3, -0.25) is 14.6 Å². The van der Waals surface area contributed by atoms with E-state index in [1.807, 2.05) is 6.07 Å². The van der Waals surface area contributed by atoms with E-state index in [0.29, 0.717) is 28.3 Å². The smallest absolute Gasteiger partial charge is 0.292 e. The van der Waals surface area contributed by atoms with Crippen LogP contribution in [0.3, 0.4) is 0 Å². The van der Waals surface area contributed by atoms with Gasteiger partial charge in [0.05, 0.1) is 20.8 Å².